The van der Waals surface area contributed by atoms with Crippen molar-refractivity contribution in [3.05, 3.63) is 90.3 Å². The van der Waals surface area contributed by atoms with E-state index in [4.69, 9.17) is 0 Å². The number of aromatic nitrogens is 1. The van der Waals surface area contributed by atoms with Crippen LogP contribution in [0.3, 0.4) is 0 Å². The number of nitrogens with zero attached hydrogens (tertiary/aromatic N) is 1. The third-order valence-electron chi connectivity index (χ3n) is 3.43. The Morgan fingerprint density at radius 2 is 1.52 bits per heavy atom. The third-order valence-corrected chi connectivity index (χ3v) is 6.03. The maximum atomic E-state index is 12.1. The van der Waals surface area contributed by atoms with Crippen LogP contribution in [0.2, 0.25) is 5.21 Å². The summed E-state index contributed by atoms with van der Waals surface area (Å²) in [5, 5.41) is 3.51. The van der Waals surface area contributed by atoms with E-state index < -0.39 is 15.8 Å². The summed E-state index contributed by atoms with van der Waals surface area (Å²) >= 11 is -0.465. The molecule has 0 fully saturated rings. The van der Waals surface area contributed by atoms with Crippen LogP contribution in [-0.4, -0.2) is 26.6 Å². The number of anilines is 1. The Morgan fingerprint density at radius 1 is 0.880 bits per heavy atom. The number of pyridine rings is 1. The van der Waals surface area contributed by atoms with E-state index in [-0.39, 0.29) is 5.91 Å². The molecular weight excluding hydrogens is 371 g/mol. The van der Waals surface area contributed by atoms with Gasteiger partial charge in [0, 0.05) is 0 Å². The molecule has 0 saturated heterocycles. The van der Waals surface area contributed by atoms with Crippen LogP contribution in [0.1, 0.15) is 11.1 Å². The molecule has 1 N–H and O–H groups in total. The minimum atomic E-state index is -0.465. The van der Waals surface area contributed by atoms with E-state index in [9.17, 15) is 4.79 Å². The molecule has 3 rings (SSSR count). The van der Waals surface area contributed by atoms with Gasteiger partial charge in [0.05, 0.1) is 0 Å². The van der Waals surface area contributed by atoms with Gasteiger partial charge in [0.25, 0.3) is 0 Å². The molecule has 25 heavy (non-hydrogen) atoms. The average Bonchev–Trinajstić information content (AvgIpc) is 2.67. The first-order valence-electron chi connectivity index (χ1n) is 7.90. The van der Waals surface area contributed by atoms with Crippen molar-refractivity contribution in [2.45, 2.75) is 5.21 Å². The second-order valence-corrected chi connectivity index (χ2v) is 8.03. The number of benzene rings is 2. The zero-order valence-corrected chi connectivity index (χ0v) is 15.7. The van der Waals surface area contributed by atoms with E-state index in [0.717, 1.165) is 16.8 Å². The fourth-order valence-electron chi connectivity index (χ4n) is 2.16. The summed E-state index contributed by atoms with van der Waals surface area (Å²) in [6.07, 6.45) is 3.54. The molecule has 3 nitrogen and oxygen atoms in total. The SMILES string of the molecule is O=C(C[AsH]c1ccncc1)Nc1ccc(C#Cc2ccccc2)cc1. The summed E-state index contributed by atoms with van der Waals surface area (Å²) in [4.78, 5) is 16.0. The van der Waals surface area contributed by atoms with E-state index in [0.29, 0.717) is 5.21 Å². The van der Waals surface area contributed by atoms with Gasteiger partial charge in [0.1, 0.15) is 0 Å². The normalized spacial score (nSPS) is 10.2. The molecule has 122 valence electrons. The molecule has 2 aromatic carbocycles. The molecule has 0 spiro atoms. The molecule has 1 heterocycles. The van der Waals surface area contributed by atoms with Crippen LogP contribution in [0.4, 0.5) is 5.69 Å². The van der Waals surface area contributed by atoms with Crippen LogP contribution in [0.5, 0.6) is 0 Å². The number of amides is 1. The van der Waals surface area contributed by atoms with Crippen LogP contribution in [-0.2, 0) is 4.79 Å². The Hall–Kier alpha value is -2.82. The van der Waals surface area contributed by atoms with Gasteiger partial charge in [-0.3, -0.25) is 0 Å². The molecule has 0 aliphatic heterocycles. The van der Waals surface area contributed by atoms with Gasteiger partial charge in [0.15, 0.2) is 0 Å². The maximum absolute atomic E-state index is 12.1. The summed E-state index contributed by atoms with van der Waals surface area (Å²) in [7, 11) is 0. The van der Waals surface area contributed by atoms with Crippen LogP contribution in [0.25, 0.3) is 0 Å². The second-order valence-electron chi connectivity index (χ2n) is 5.33. The number of hydrogen-bond donors (Lipinski definition) is 1. The van der Waals surface area contributed by atoms with Crippen molar-refractivity contribution in [1.29, 1.82) is 0 Å². The van der Waals surface area contributed by atoms with Crippen molar-refractivity contribution in [1.82, 2.24) is 4.98 Å². The number of carbonyl (C=O) groups is 1. The van der Waals surface area contributed by atoms with Crippen molar-refractivity contribution in [2.75, 3.05) is 5.32 Å². The predicted molar refractivity (Wildman–Crippen MR) is 103 cm³/mol. The van der Waals surface area contributed by atoms with Gasteiger partial charge in [0.2, 0.25) is 0 Å². The molecule has 0 saturated carbocycles. The Kier molecular flexibility index (Phi) is 6.04. The summed E-state index contributed by atoms with van der Waals surface area (Å²) < 4.78 is 1.23. The van der Waals surface area contributed by atoms with Crippen LogP contribution in [0, 0.1) is 11.8 Å². The van der Waals surface area contributed by atoms with Crippen LogP contribution < -0.4 is 9.67 Å². The zero-order valence-electron chi connectivity index (χ0n) is 13.6. The number of hydrogen-bond acceptors (Lipinski definition) is 2. The number of carbonyl (C=O) groups excluding carboxylic acids is 1. The number of nitrogens with one attached hydrogen (secondary N) is 1. The molecule has 0 bridgehead atoms. The molecule has 0 aliphatic carbocycles. The molecule has 0 radical (unpaired) electrons. The summed E-state index contributed by atoms with van der Waals surface area (Å²) in [6, 6.07) is 21.5. The molecule has 3 aromatic rings. The van der Waals surface area contributed by atoms with Gasteiger partial charge < -0.3 is 0 Å². The van der Waals surface area contributed by atoms with E-state index in [1.165, 1.54) is 4.35 Å². The minimum absolute atomic E-state index is 0.0555. The first kappa shape index (κ1) is 17.0. The number of rotatable bonds is 4. The molecule has 1 unspecified atom stereocenters. The predicted octanol–water partition coefficient (Wildman–Crippen LogP) is 2.60. The van der Waals surface area contributed by atoms with Crippen molar-refractivity contribution >= 4 is 31.7 Å². The summed E-state index contributed by atoms with van der Waals surface area (Å²) in [5.41, 5.74) is 2.71. The molecule has 1 atom stereocenters. The Bertz CT molecular complexity index is 882. The average molecular weight is 388 g/mol. The zero-order chi connectivity index (χ0) is 17.3. The van der Waals surface area contributed by atoms with E-state index in [1.807, 2.05) is 66.7 Å². The Labute approximate surface area is 154 Å². The Balaban J connectivity index is 1.54. The third kappa shape index (κ3) is 5.64. The van der Waals surface area contributed by atoms with Crippen LogP contribution in [0.15, 0.2) is 79.1 Å². The molecule has 4 heteroatoms. The standard InChI is InChI=1S/C21H17AsN2O/c25-21(16-22-19-12-14-23-15-13-19)24-20-10-8-18(9-11-20)7-6-17-4-2-1-3-5-17/h1-5,8-15,22H,16H2,(H,24,25). The van der Waals surface area contributed by atoms with Gasteiger partial charge in [-0.15, -0.1) is 0 Å². The fourth-order valence-corrected chi connectivity index (χ4v) is 3.92. The van der Waals surface area contributed by atoms with Gasteiger partial charge in [-0.25, -0.2) is 0 Å². The quantitative estimate of drug-likeness (QED) is 0.552. The monoisotopic (exact) mass is 388 g/mol. The van der Waals surface area contributed by atoms with E-state index in [1.54, 1.807) is 12.4 Å². The molecule has 0 aliphatic rings. The van der Waals surface area contributed by atoms with Gasteiger partial charge in [-0.05, 0) is 0 Å². The first-order chi connectivity index (χ1) is 12.3. The first-order valence-corrected chi connectivity index (χ1v) is 10.4. The Morgan fingerprint density at radius 3 is 2.20 bits per heavy atom. The van der Waals surface area contributed by atoms with Crippen molar-refractivity contribution in [3.8, 4) is 11.8 Å². The summed E-state index contributed by atoms with van der Waals surface area (Å²) in [5.74, 6) is 6.30. The molecule has 1 aromatic heterocycles. The fraction of sp³-hybridized carbons (Fsp3) is 0.0476. The van der Waals surface area contributed by atoms with Crippen molar-refractivity contribution in [3.63, 3.8) is 0 Å². The summed E-state index contributed by atoms with van der Waals surface area (Å²) in [6.45, 7) is 0. The topological polar surface area (TPSA) is 42.0 Å². The second kappa shape index (κ2) is 8.87. The van der Waals surface area contributed by atoms with Crippen LogP contribution >= 0.6 is 0 Å². The van der Waals surface area contributed by atoms with Gasteiger partial charge >= 0.3 is 148 Å². The van der Waals surface area contributed by atoms with Gasteiger partial charge in [-0.1, -0.05) is 6.07 Å². The molecular formula is C21H17AsN2O. The molecule has 1 amide bonds. The van der Waals surface area contributed by atoms with Gasteiger partial charge in [-0.2, -0.15) is 0 Å². The van der Waals surface area contributed by atoms with E-state index in [2.05, 4.69) is 22.1 Å². The van der Waals surface area contributed by atoms with E-state index >= 15 is 0 Å². The van der Waals surface area contributed by atoms with Crippen molar-refractivity contribution < 1.29 is 4.79 Å². The van der Waals surface area contributed by atoms with Crippen molar-refractivity contribution in [2.24, 2.45) is 0 Å².